The van der Waals surface area contributed by atoms with Gasteiger partial charge in [0.25, 0.3) is 0 Å². The molecule has 6 nitrogen and oxygen atoms in total. The largest absolute Gasteiger partial charge is 0.357 e. The number of rotatable bonds is 5. The Morgan fingerprint density at radius 3 is 2.64 bits per heavy atom. The predicted molar refractivity (Wildman–Crippen MR) is 123 cm³/mol. The predicted octanol–water partition coefficient (Wildman–Crippen LogP) is 2.91. The Labute approximate surface area is 184 Å². The summed E-state index contributed by atoms with van der Waals surface area (Å²) in [6.45, 7) is 5.10. The first kappa shape index (κ1) is 22.6. The zero-order valence-corrected chi connectivity index (χ0v) is 19.1. The Morgan fingerprint density at radius 1 is 1.21 bits per heavy atom. The second-order valence-corrected chi connectivity index (χ2v) is 8.27. The van der Waals surface area contributed by atoms with Crippen LogP contribution in [-0.4, -0.2) is 38.9 Å². The number of likely N-dealkylation sites (tertiary alicyclic amines) is 1. The second kappa shape index (κ2) is 10.2. The molecular formula is C20H27IN4O2S. The second-order valence-electron chi connectivity index (χ2n) is 6.70. The fourth-order valence-electron chi connectivity index (χ4n) is 3.36. The molecule has 0 aromatic heterocycles. The van der Waals surface area contributed by atoms with E-state index in [4.69, 9.17) is 10.1 Å². The molecule has 28 heavy (non-hydrogen) atoms. The molecule has 1 atom stereocenters. The first-order valence-corrected chi connectivity index (χ1v) is 10.7. The minimum atomic E-state index is -3.70. The Hall–Kier alpha value is -1.65. The molecule has 0 bridgehead atoms. The van der Waals surface area contributed by atoms with Gasteiger partial charge in [0, 0.05) is 25.6 Å². The van der Waals surface area contributed by atoms with Gasteiger partial charge in [0.2, 0.25) is 10.0 Å². The number of benzene rings is 2. The smallest absolute Gasteiger partial charge is 0.238 e. The van der Waals surface area contributed by atoms with Crippen LogP contribution in [0.25, 0.3) is 0 Å². The fraction of sp³-hybridized carbons (Fsp3) is 0.350. The molecule has 152 valence electrons. The van der Waals surface area contributed by atoms with Crippen molar-refractivity contribution in [2.75, 3.05) is 19.6 Å². The van der Waals surface area contributed by atoms with E-state index < -0.39 is 10.0 Å². The molecule has 0 radical (unpaired) electrons. The van der Waals surface area contributed by atoms with Crippen molar-refractivity contribution in [1.29, 1.82) is 0 Å². The van der Waals surface area contributed by atoms with Crippen LogP contribution in [0.15, 0.2) is 64.5 Å². The van der Waals surface area contributed by atoms with Gasteiger partial charge in [0.05, 0.1) is 11.4 Å². The standard InChI is InChI=1S/C20H26N4O2S.HI/c1-2-22-20(23-14-16-7-6-10-19(13-16)27(21,25)26)24-12-11-18(15-24)17-8-4-3-5-9-17;/h3-10,13,18H,2,11-12,14-15H2,1H3,(H,22,23)(H2,21,25,26);1H. The third-order valence-corrected chi connectivity index (χ3v) is 5.64. The molecule has 0 saturated carbocycles. The van der Waals surface area contributed by atoms with E-state index in [1.165, 1.54) is 11.6 Å². The van der Waals surface area contributed by atoms with Gasteiger partial charge in [-0.15, -0.1) is 24.0 Å². The van der Waals surface area contributed by atoms with E-state index in [9.17, 15) is 8.42 Å². The average Bonchev–Trinajstić information content (AvgIpc) is 3.15. The van der Waals surface area contributed by atoms with Gasteiger partial charge >= 0.3 is 0 Å². The minimum Gasteiger partial charge on any atom is -0.357 e. The number of nitrogens with one attached hydrogen (secondary N) is 1. The lowest BCUT2D eigenvalue weighted by molar-refractivity contribution is 0.486. The lowest BCUT2D eigenvalue weighted by atomic mass is 9.99. The van der Waals surface area contributed by atoms with Crippen LogP contribution in [-0.2, 0) is 16.6 Å². The van der Waals surface area contributed by atoms with Gasteiger partial charge in [-0.25, -0.2) is 18.5 Å². The van der Waals surface area contributed by atoms with E-state index in [2.05, 4.69) is 34.5 Å². The zero-order valence-electron chi connectivity index (χ0n) is 15.9. The highest BCUT2D eigenvalue weighted by Crippen LogP contribution is 2.27. The summed E-state index contributed by atoms with van der Waals surface area (Å²) in [4.78, 5) is 7.10. The number of sulfonamides is 1. The molecule has 8 heteroatoms. The highest BCUT2D eigenvalue weighted by Gasteiger charge is 2.25. The number of aliphatic imine (C=N–C) groups is 1. The van der Waals surface area contributed by atoms with Crippen molar-refractivity contribution in [3.63, 3.8) is 0 Å². The summed E-state index contributed by atoms with van der Waals surface area (Å²) in [5, 5.41) is 8.56. The van der Waals surface area contributed by atoms with Crippen molar-refractivity contribution in [3.8, 4) is 0 Å². The van der Waals surface area contributed by atoms with Crippen molar-refractivity contribution in [3.05, 3.63) is 65.7 Å². The summed E-state index contributed by atoms with van der Waals surface area (Å²) in [5.74, 6) is 1.36. The summed E-state index contributed by atoms with van der Waals surface area (Å²) < 4.78 is 23.1. The molecule has 0 amide bonds. The molecule has 1 saturated heterocycles. The van der Waals surface area contributed by atoms with Gasteiger partial charge in [-0.2, -0.15) is 0 Å². The topological polar surface area (TPSA) is 87.8 Å². The molecule has 3 rings (SSSR count). The van der Waals surface area contributed by atoms with Crippen molar-refractivity contribution in [2.24, 2.45) is 10.1 Å². The fourth-order valence-corrected chi connectivity index (χ4v) is 3.95. The number of halogens is 1. The highest BCUT2D eigenvalue weighted by atomic mass is 127. The van der Waals surface area contributed by atoms with Crippen LogP contribution in [0.5, 0.6) is 0 Å². The van der Waals surface area contributed by atoms with Gasteiger partial charge in [-0.1, -0.05) is 42.5 Å². The summed E-state index contributed by atoms with van der Waals surface area (Å²) in [5.41, 5.74) is 2.17. The van der Waals surface area contributed by atoms with Crippen LogP contribution in [0.1, 0.15) is 30.4 Å². The van der Waals surface area contributed by atoms with Crippen LogP contribution in [0.2, 0.25) is 0 Å². The third-order valence-electron chi connectivity index (χ3n) is 4.73. The lowest BCUT2D eigenvalue weighted by Crippen LogP contribution is -2.40. The number of guanidine groups is 1. The Kier molecular flexibility index (Phi) is 8.26. The quantitative estimate of drug-likeness (QED) is 0.365. The van der Waals surface area contributed by atoms with E-state index in [1.807, 2.05) is 19.1 Å². The van der Waals surface area contributed by atoms with Crippen molar-refractivity contribution >= 4 is 40.0 Å². The van der Waals surface area contributed by atoms with Crippen LogP contribution >= 0.6 is 24.0 Å². The average molecular weight is 514 g/mol. The van der Waals surface area contributed by atoms with Crippen LogP contribution in [0, 0.1) is 0 Å². The molecular weight excluding hydrogens is 487 g/mol. The third kappa shape index (κ3) is 5.92. The van der Waals surface area contributed by atoms with Crippen LogP contribution in [0.3, 0.4) is 0 Å². The first-order valence-electron chi connectivity index (χ1n) is 9.17. The van der Waals surface area contributed by atoms with Crippen molar-refractivity contribution in [2.45, 2.75) is 30.7 Å². The highest BCUT2D eigenvalue weighted by molar-refractivity contribution is 14.0. The van der Waals surface area contributed by atoms with Gasteiger partial charge in [0.15, 0.2) is 5.96 Å². The zero-order chi connectivity index (χ0) is 19.3. The molecule has 1 aliphatic rings. The monoisotopic (exact) mass is 514 g/mol. The number of hydrogen-bond donors (Lipinski definition) is 2. The van der Waals surface area contributed by atoms with E-state index in [1.54, 1.807) is 12.1 Å². The van der Waals surface area contributed by atoms with Crippen LogP contribution < -0.4 is 10.5 Å². The SMILES string of the molecule is CCNC(=NCc1cccc(S(N)(=O)=O)c1)N1CCC(c2ccccc2)C1.I. The summed E-state index contributed by atoms with van der Waals surface area (Å²) in [6.07, 6.45) is 1.09. The maximum Gasteiger partial charge on any atom is 0.238 e. The first-order chi connectivity index (χ1) is 13.0. The Bertz CT molecular complexity index is 903. The van der Waals surface area contributed by atoms with Gasteiger partial charge in [0.1, 0.15) is 0 Å². The molecule has 2 aromatic carbocycles. The number of nitrogens with two attached hydrogens (primary N) is 1. The normalized spacial score (nSPS) is 17.3. The van der Waals surface area contributed by atoms with Crippen molar-refractivity contribution in [1.82, 2.24) is 10.2 Å². The van der Waals surface area contributed by atoms with E-state index in [-0.39, 0.29) is 28.9 Å². The van der Waals surface area contributed by atoms with E-state index in [0.717, 1.165) is 37.6 Å². The minimum absolute atomic E-state index is 0. The lowest BCUT2D eigenvalue weighted by Gasteiger charge is -2.22. The van der Waals surface area contributed by atoms with Crippen molar-refractivity contribution < 1.29 is 8.42 Å². The molecule has 1 heterocycles. The molecule has 1 fully saturated rings. The summed E-state index contributed by atoms with van der Waals surface area (Å²) in [6, 6.07) is 17.2. The number of primary sulfonamides is 1. The van der Waals surface area contributed by atoms with Gasteiger partial charge in [-0.3, -0.25) is 0 Å². The Morgan fingerprint density at radius 2 is 1.96 bits per heavy atom. The van der Waals surface area contributed by atoms with Gasteiger partial charge in [-0.05, 0) is 36.6 Å². The summed E-state index contributed by atoms with van der Waals surface area (Å²) >= 11 is 0. The molecule has 2 aromatic rings. The summed E-state index contributed by atoms with van der Waals surface area (Å²) in [7, 11) is -3.70. The molecule has 0 aliphatic carbocycles. The molecule has 3 N–H and O–H groups in total. The molecule has 0 spiro atoms. The maximum absolute atomic E-state index is 11.5. The molecule has 1 aliphatic heterocycles. The number of nitrogens with zero attached hydrogens (tertiary/aromatic N) is 2. The number of hydrogen-bond acceptors (Lipinski definition) is 3. The van der Waals surface area contributed by atoms with Crippen LogP contribution in [0.4, 0.5) is 0 Å². The van der Waals surface area contributed by atoms with E-state index in [0.29, 0.717) is 12.5 Å². The maximum atomic E-state index is 11.5. The van der Waals surface area contributed by atoms with E-state index >= 15 is 0 Å². The van der Waals surface area contributed by atoms with Gasteiger partial charge < -0.3 is 10.2 Å². The Balaban J connectivity index is 0.00000280. The molecule has 1 unspecified atom stereocenters.